The van der Waals surface area contributed by atoms with Crippen molar-refractivity contribution in [2.24, 2.45) is 5.73 Å². The molecule has 0 aliphatic heterocycles. The van der Waals surface area contributed by atoms with Gasteiger partial charge in [0.25, 0.3) is 0 Å². The molecule has 8 heteroatoms. The molecule has 0 aromatic heterocycles. The van der Waals surface area contributed by atoms with Gasteiger partial charge in [-0.2, -0.15) is 0 Å². The molecule has 0 heterocycles. The van der Waals surface area contributed by atoms with E-state index in [9.17, 15) is 14.4 Å². The summed E-state index contributed by atoms with van der Waals surface area (Å²) in [4.78, 5) is 33.6. The molecule has 0 aliphatic rings. The fourth-order valence-electron chi connectivity index (χ4n) is 2.97. The summed E-state index contributed by atoms with van der Waals surface area (Å²) >= 11 is 0. The Morgan fingerprint density at radius 2 is 1.26 bits per heavy atom. The molecule has 0 saturated heterocycles. The number of nitrogens with two attached hydrogens (primary N) is 1. The maximum atomic E-state index is 11.6. The van der Waals surface area contributed by atoms with E-state index in [1.54, 1.807) is 0 Å². The van der Waals surface area contributed by atoms with E-state index >= 15 is 0 Å². The number of unbranched alkanes of at least 4 members (excludes halogenated alkanes) is 11. The third kappa shape index (κ3) is 26.4. The summed E-state index contributed by atoms with van der Waals surface area (Å²) in [5, 5.41) is 8.63. The van der Waals surface area contributed by atoms with E-state index in [2.05, 4.69) is 23.8 Å². The van der Waals surface area contributed by atoms with Crippen molar-refractivity contribution in [3.05, 3.63) is 12.2 Å². The summed E-state index contributed by atoms with van der Waals surface area (Å²) in [7, 11) is 0. The van der Waals surface area contributed by atoms with E-state index in [-0.39, 0.29) is 81.2 Å². The van der Waals surface area contributed by atoms with E-state index in [0.717, 1.165) is 25.7 Å². The van der Waals surface area contributed by atoms with Gasteiger partial charge in [-0.1, -0.05) is 70.4 Å². The molecule has 0 bridgehead atoms. The molecule has 0 aromatic carbocycles. The van der Waals surface area contributed by atoms with Gasteiger partial charge in [0.05, 0.1) is 0 Å². The fourth-order valence-corrected chi connectivity index (χ4v) is 2.97. The number of ether oxygens (including phenoxy) is 1. The van der Waals surface area contributed by atoms with Gasteiger partial charge in [0.1, 0.15) is 6.04 Å². The van der Waals surface area contributed by atoms with Crippen molar-refractivity contribution >= 4 is 17.9 Å². The Hall–Kier alpha value is 0.310. The van der Waals surface area contributed by atoms with Crippen LogP contribution < -0.4 is 64.8 Å². The maximum absolute atomic E-state index is 11.6. The number of carboxylic acid groups (broad SMARTS) is 1. The Morgan fingerprint density at radius 1 is 0.806 bits per heavy atom. The molecule has 0 saturated carbocycles. The zero-order valence-electron chi connectivity index (χ0n) is 22.2. The van der Waals surface area contributed by atoms with Gasteiger partial charge in [-0.25, -0.2) is 0 Å². The standard InChI is InChI=1S/C23H41NO5.2Na.2H/c1-2-3-4-5-6-7-8-9-10-11-12-13-14-15-16-17-21(25)29-22(26)19-18-20(24)23(27)28;;;;/h9-10,20H,2-8,11-19,24H2,1H3,(H,27,28);;;;/q;2*+1;2*-1/b10-9-;;;;/t20-;;;;/m0..../s1. The Morgan fingerprint density at radius 3 is 1.77 bits per heavy atom. The summed E-state index contributed by atoms with van der Waals surface area (Å²) in [6.07, 6.45) is 20.0. The molecule has 1 atom stereocenters. The molecular formula is C23H43NNa2O5. The second kappa shape index (κ2) is 26.6. The van der Waals surface area contributed by atoms with Crippen molar-refractivity contribution in [2.45, 2.75) is 116 Å². The normalized spacial score (nSPS) is 11.4. The Balaban J connectivity index is -0.000000653. The number of carboxylic acids is 1. The summed E-state index contributed by atoms with van der Waals surface area (Å²) in [5.74, 6) is -2.42. The molecule has 0 radical (unpaired) electrons. The average molecular weight is 460 g/mol. The van der Waals surface area contributed by atoms with Gasteiger partial charge in [0.2, 0.25) is 0 Å². The molecule has 3 N–H and O–H groups in total. The molecule has 6 nitrogen and oxygen atoms in total. The molecule has 172 valence electrons. The number of carbonyl (C=O) groups is 3. The van der Waals surface area contributed by atoms with Crippen LogP contribution in [0.4, 0.5) is 0 Å². The first-order valence-electron chi connectivity index (χ1n) is 11.3. The predicted octanol–water partition coefficient (Wildman–Crippen LogP) is -0.481. The minimum atomic E-state index is -1.17. The first-order valence-corrected chi connectivity index (χ1v) is 11.3. The van der Waals surface area contributed by atoms with E-state index in [4.69, 9.17) is 10.8 Å². The van der Waals surface area contributed by atoms with Crippen LogP contribution in [0.2, 0.25) is 0 Å². The number of rotatable bonds is 19. The van der Waals surface area contributed by atoms with Gasteiger partial charge in [0.15, 0.2) is 0 Å². The Labute approximate surface area is 236 Å². The summed E-state index contributed by atoms with van der Waals surface area (Å²) in [6, 6.07) is -1.11. The number of esters is 2. The molecule has 0 aromatic rings. The monoisotopic (exact) mass is 459 g/mol. The van der Waals surface area contributed by atoms with Crippen LogP contribution in [0.15, 0.2) is 12.2 Å². The van der Waals surface area contributed by atoms with E-state index in [1.807, 2.05) is 0 Å². The van der Waals surface area contributed by atoms with Crippen molar-refractivity contribution < 1.29 is 86.2 Å². The van der Waals surface area contributed by atoms with Crippen LogP contribution in [0, 0.1) is 0 Å². The van der Waals surface area contributed by atoms with E-state index in [0.29, 0.717) is 6.42 Å². The number of carbonyl (C=O) groups excluding carboxylic acids is 2. The first kappa shape index (κ1) is 35.9. The van der Waals surface area contributed by atoms with Crippen LogP contribution in [0.3, 0.4) is 0 Å². The van der Waals surface area contributed by atoms with Crippen LogP contribution in [0.25, 0.3) is 0 Å². The molecule has 0 amide bonds. The average Bonchev–Trinajstić information content (AvgIpc) is 2.68. The molecule has 31 heavy (non-hydrogen) atoms. The number of hydrogen-bond donors (Lipinski definition) is 2. The van der Waals surface area contributed by atoms with Gasteiger partial charge in [-0.05, 0) is 38.5 Å². The largest absolute Gasteiger partial charge is 1.00 e. The van der Waals surface area contributed by atoms with Gasteiger partial charge >= 0.3 is 77.0 Å². The summed E-state index contributed by atoms with van der Waals surface area (Å²) in [5.41, 5.74) is 5.30. The summed E-state index contributed by atoms with van der Waals surface area (Å²) in [6.45, 7) is 2.24. The molecule has 0 fully saturated rings. The van der Waals surface area contributed by atoms with Crippen LogP contribution in [0.1, 0.15) is 113 Å². The fraction of sp³-hybridized carbons (Fsp3) is 0.783. The van der Waals surface area contributed by atoms with Crippen molar-refractivity contribution in [2.75, 3.05) is 0 Å². The SMILES string of the molecule is CCCCCCCC/C=C\CCCCCCCC(=O)OC(=O)CC[C@H](N)C(=O)O.[H-].[H-].[Na+].[Na+]. The zero-order valence-corrected chi connectivity index (χ0v) is 24.2. The minimum absolute atomic E-state index is 0. The molecule has 0 spiro atoms. The van der Waals surface area contributed by atoms with Crippen LogP contribution in [-0.2, 0) is 19.1 Å². The number of aliphatic carboxylic acids is 1. The second-order valence-corrected chi connectivity index (χ2v) is 7.66. The van der Waals surface area contributed by atoms with Gasteiger partial charge in [-0.15, -0.1) is 0 Å². The van der Waals surface area contributed by atoms with Crippen molar-refractivity contribution in [3.63, 3.8) is 0 Å². The quantitative estimate of drug-likeness (QED) is 0.0889. The molecule has 0 aliphatic carbocycles. The predicted molar refractivity (Wildman–Crippen MR) is 118 cm³/mol. The third-order valence-corrected chi connectivity index (χ3v) is 4.85. The topological polar surface area (TPSA) is 107 Å². The minimum Gasteiger partial charge on any atom is -1.00 e. The Kier molecular flexibility index (Phi) is 30.8. The van der Waals surface area contributed by atoms with Crippen LogP contribution in [0.5, 0.6) is 0 Å². The van der Waals surface area contributed by atoms with Crippen LogP contribution >= 0.6 is 0 Å². The van der Waals surface area contributed by atoms with Gasteiger partial charge in [0, 0.05) is 12.8 Å². The molecule has 0 unspecified atom stereocenters. The van der Waals surface area contributed by atoms with Crippen molar-refractivity contribution in [1.82, 2.24) is 0 Å². The van der Waals surface area contributed by atoms with E-state index in [1.165, 1.54) is 51.4 Å². The number of hydrogen-bond acceptors (Lipinski definition) is 5. The van der Waals surface area contributed by atoms with Gasteiger partial charge < -0.3 is 18.4 Å². The third-order valence-electron chi connectivity index (χ3n) is 4.85. The van der Waals surface area contributed by atoms with Crippen molar-refractivity contribution in [1.29, 1.82) is 0 Å². The first-order chi connectivity index (χ1) is 14.0. The smallest absolute Gasteiger partial charge is 1.00 e. The maximum Gasteiger partial charge on any atom is 1.00 e. The Bertz CT molecular complexity index is 497. The second-order valence-electron chi connectivity index (χ2n) is 7.66. The number of allylic oxidation sites excluding steroid dienone is 2. The van der Waals surface area contributed by atoms with E-state index < -0.39 is 23.9 Å². The van der Waals surface area contributed by atoms with Gasteiger partial charge in [-0.3, -0.25) is 14.4 Å². The summed E-state index contributed by atoms with van der Waals surface area (Å²) < 4.78 is 4.66. The molecule has 0 rings (SSSR count). The molecular weight excluding hydrogens is 416 g/mol. The van der Waals surface area contributed by atoms with Crippen molar-refractivity contribution in [3.8, 4) is 0 Å². The zero-order chi connectivity index (χ0) is 21.7. The van der Waals surface area contributed by atoms with Crippen LogP contribution in [-0.4, -0.2) is 29.1 Å².